The van der Waals surface area contributed by atoms with Crippen LogP contribution < -0.4 is 10.5 Å². The Hall–Kier alpha value is -1.17. The Labute approximate surface area is 126 Å². The molecule has 0 fully saturated rings. The zero-order chi connectivity index (χ0) is 14.8. The van der Waals surface area contributed by atoms with Gasteiger partial charge >= 0.3 is 0 Å². The second-order valence-corrected chi connectivity index (χ2v) is 5.26. The number of hydrogen-bond acceptors (Lipinski definition) is 4. The summed E-state index contributed by atoms with van der Waals surface area (Å²) in [6, 6.07) is 7.39. The van der Waals surface area contributed by atoms with Gasteiger partial charge in [0.05, 0.1) is 19.8 Å². The maximum absolute atomic E-state index is 5.54. The zero-order valence-electron chi connectivity index (χ0n) is 12.1. The van der Waals surface area contributed by atoms with E-state index < -0.39 is 0 Å². The van der Waals surface area contributed by atoms with E-state index in [1.54, 1.807) is 0 Å². The summed E-state index contributed by atoms with van der Waals surface area (Å²) in [4.78, 5) is 0.390. The van der Waals surface area contributed by atoms with Gasteiger partial charge in [-0.25, -0.2) is 0 Å². The van der Waals surface area contributed by atoms with Crippen LogP contribution in [0, 0.1) is 5.92 Å². The second-order valence-electron chi connectivity index (χ2n) is 4.82. The molecule has 5 heteroatoms. The first kappa shape index (κ1) is 16.9. The molecule has 0 atom stereocenters. The number of rotatable bonds is 10. The molecular formula is C15H23NO3S. The Bertz CT molecular complexity index is 393. The Morgan fingerprint density at radius 1 is 1.05 bits per heavy atom. The molecule has 0 unspecified atom stereocenters. The number of thiocarbonyl (C=S) groups is 1. The first-order valence-electron chi connectivity index (χ1n) is 6.77. The van der Waals surface area contributed by atoms with Gasteiger partial charge in [0.25, 0.3) is 0 Å². The van der Waals surface area contributed by atoms with Crippen LogP contribution in [-0.2, 0) is 9.47 Å². The third-order valence-corrected chi connectivity index (χ3v) is 2.69. The summed E-state index contributed by atoms with van der Waals surface area (Å²) in [6.45, 7) is 7.29. The quantitative estimate of drug-likeness (QED) is 0.531. The van der Waals surface area contributed by atoms with Crippen LogP contribution in [0.15, 0.2) is 24.3 Å². The molecule has 0 saturated heterocycles. The molecule has 4 nitrogen and oxygen atoms in total. The molecule has 0 heterocycles. The molecule has 0 aromatic heterocycles. The monoisotopic (exact) mass is 297 g/mol. The van der Waals surface area contributed by atoms with Crippen molar-refractivity contribution in [2.45, 2.75) is 13.8 Å². The van der Waals surface area contributed by atoms with Crippen molar-refractivity contribution in [1.82, 2.24) is 0 Å². The highest BCUT2D eigenvalue weighted by Crippen LogP contribution is 2.11. The second kappa shape index (κ2) is 9.69. The number of hydrogen-bond donors (Lipinski definition) is 1. The zero-order valence-corrected chi connectivity index (χ0v) is 12.9. The van der Waals surface area contributed by atoms with Crippen LogP contribution in [-0.4, -0.2) is 38.0 Å². The fraction of sp³-hybridized carbons (Fsp3) is 0.533. The third kappa shape index (κ3) is 7.43. The first-order valence-corrected chi connectivity index (χ1v) is 7.18. The SMILES string of the molecule is CC(C)COCCOCCOc1ccc(C(N)=S)cc1. The molecule has 0 aliphatic carbocycles. The van der Waals surface area contributed by atoms with Crippen LogP contribution in [0.25, 0.3) is 0 Å². The van der Waals surface area contributed by atoms with Crippen LogP contribution in [0.2, 0.25) is 0 Å². The van der Waals surface area contributed by atoms with Crippen molar-refractivity contribution in [3.05, 3.63) is 29.8 Å². The van der Waals surface area contributed by atoms with Crippen LogP contribution in [0.1, 0.15) is 19.4 Å². The molecule has 0 aliphatic rings. The number of ether oxygens (including phenoxy) is 3. The van der Waals surface area contributed by atoms with E-state index >= 15 is 0 Å². The Morgan fingerprint density at radius 3 is 2.25 bits per heavy atom. The van der Waals surface area contributed by atoms with Gasteiger partial charge in [0.1, 0.15) is 17.3 Å². The Kier molecular flexibility index (Phi) is 8.18. The first-order chi connectivity index (χ1) is 9.59. The normalized spacial score (nSPS) is 10.8. The maximum Gasteiger partial charge on any atom is 0.119 e. The lowest BCUT2D eigenvalue weighted by Gasteiger charge is -2.09. The van der Waals surface area contributed by atoms with E-state index in [0.717, 1.165) is 17.9 Å². The highest BCUT2D eigenvalue weighted by Gasteiger charge is 1.98. The summed E-state index contributed by atoms with van der Waals surface area (Å²) >= 11 is 4.88. The molecule has 2 N–H and O–H groups in total. The van der Waals surface area contributed by atoms with Crippen molar-refractivity contribution < 1.29 is 14.2 Å². The van der Waals surface area contributed by atoms with Gasteiger partial charge in [-0.3, -0.25) is 0 Å². The molecule has 0 amide bonds. The van der Waals surface area contributed by atoms with Crippen LogP contribution in [0.3, 0.4) is 0 Å². The molecule has 1 aromatic rings. The predicted octanol–water partition coefficient (Wildman–Crippen LogP) is 2.39. The largest absolute Gasteiger partial charge is 0.491 e. The highest BCUT2D eigenvalue weighted by molar-refractivity contribution is 7.80. The summed E-state index contributed by atoms with van der Waals surface area (Å²) in [5, 5.41) is 0. The summed E-state index contributed by atoms with van der Waals surface area (Å²) < 4.78 is 16.3. The van der Waals surface area contributed by atoms with Crippen molar-refractivity contribution in [1.29, 1.82) is 0 Å². The van der Waals surface area contributed by atoms with Gasteiger partial charge in [-0.05, 0) is 30.2 Å². The van der Waals surface area contributed by atoms with Gasteiger partial charge < -0.3 is 19.9 Å². The summed E-state index contributed by atoms with van der Waals surface area (Å²) in [5.74, 6) is 1.34. The Morgan fingerprint density at radius 2 is 1.65 bits per heavy atom. The lowest BCUT2D eigenvalue weighted by atomic mass is 10.2. The Balaban J connectivity index is 2.05. The number of nitrogens with two attached hydrogens (primary N) is 1. The molecule has 112 valence electrons. The minimum atomic E-state index is 0.390. The minimum Gasteiger partial charge on any atom is -0.491 e. The lowest BCUT2D eigenvalue weighted by Crippen LogP contribution is -2.12. The predicted molar refractivity (Wildman–Crippen MR) is 84.3 cm³/mol. The topological polar surface area (TPSA) is 53.7 Å². The van der Waals surface area contributed by atoms with E-state index in [1.165, 1.54) is 0 Å². The lowest BCUT2D eigenvalue weighted by molar-refractivity contribution is 0.0282. The van der Waals surface area contributed by atoms with Crippen molar-refractivity contribution in [2.24, 2.45) is 11.7 Å². The molecule has 0 aliphatic heterocycles. The summed E-state index contributed by atoms with van der Waals surface area (Å²) in [7, 11) is 0. The fourth-order valence-electron chi connectivity index (χ4n) is 1.47. The van der Waals surface area contributed by atoms with Gasteiger partial charge in [0.15, 0.2) is 0 Å². The summed E-state index contributed by atoms with van der Waals surface area (Å²) in [6.07, 6.45) is 0. The van der Waals surface area contributed by atoms with Crippen molar-refractivity contribution in [3.8, 4) is 5.75 Å². The van der Waals surface area contributed by atoms with E-state index in [-0.39, 0.29) is 0 Å². The molecule has 1 rings (SSSR count). The summed E-state index contributed by atoms with van der Waals surface area (Å²) in [5.41, 5.74) is 6.36. The smallest absolute Gasteiger partial charge is 0.119 e. The van der Waals surface area contributed by atoms with Crippen LogP contribution in [0.5, 0.6) is 5.75 Å². The van der Waals surface area contributed by atoms with Crippen molar-refractivity contribution in [2.75, 3.05) is 33.0 Å². The highest BCUT2D eigenvalue weighted by atomic mass is 32.1. The molecule has 0 saturated carbocycles. The maximum atomic E-state index is 5.54. The van der Waals surface area contributed by atoms with E-state index in [2.05, 4.69) is 13.8 Å². The molecule has 20 heavy (non-hydrogen) atoms. The third-order valence-electron chi connectivity index (χ3n) is 2.46. The number of benzene rings is 1. The van der Waals surface area contributed by atoms with Gasteiger partial charge in [0.2, 0.25) is 0 Å². The van der Waals surface area contributed by atoms with E-state index in [0.29, 0.717) is 37.3 Å². The molecular weight excluding hydrogens is 274 g/mol. The van der Waals surface area contributed by atoms with Gasteiger partial charge in [-0.15, -0.1) is 0 Å². The average molecular weight is 297 g/mol. The van der Waals surface area contributed by atoms with Gasteiger partial charge in [-0.2, -0.15) is 0 Å². The van der Waals surface area contributed by atoms with Gasteiger partial charge in [-0.1, -0.05) is 26.1 Å². The standard InChI is InChI=1S/C15H23NO3S/c1-12(2)11-18-8-7-17-9-10-19-14-5-3-13(4-6-14)15(16)20/h3-6,12H,7-11H2,1-2H3,(H2,16,20). The van der Waals surface area contributed by atoms with Gasteiger partial charge in [0, 0.05) is 12.2 Å². The van der Waals surface area contributed by atoms with E-state index in [4.69, 9.17) is 32.2 Å². The minimum absolute atomic E-state index is 0.390. The molecule has 1 aromatic carbocycles. The van der Waals surface area contributed by atoms with E-state index in [9.17, 15) is 0 Å². The molecule has 0 bridgehead atoms. The molecule has 0 radical (unpaired) electrons. The van der Waals surface area contributed by atoms with Crippen LogP contribution in [0.4, 0.5) is 0 Å². The van der Waals surface area contributed by atoms with Crippen molar-refractivity contribution >= 4 is 17.2 Å². The van der Waals surface area contributed by atoms with Crippen molar-refractivity contribution in [3.63, 3.8) is 0 Å². The van der Waals surface area contributed by atoms with Crippen LogP contribution >= 0.6 is 12.2 Å². The average Bonchev–Trinajstić information content (AvgIpc) is 2.42. The molecule has 0 spiro atoms. The van der Waals surface area contributed by atoms with E-state index in [1.807, 2.05) is 24.3 Å². The fourth-order valence-corrected chi connectivity index (χ4v) is 1.61.